The number of rotatable bonds is 1. The van der Waals surface area contributed by atoms with Gasteiger partial charge in [0.15, 0.2) is 23.3 Å². The second-order valence-electron chi connectivity index (χ2n) is 2.18. The molecule has 1 aromatic carbocycles. The van der Waals surface area contributed by atoms with Gasteiger partial charge in [0.1, 0.15) is 0 Å². The van der Waals surface area contributed by atoms with E-state index in [1.807, 2.05) is 0 Å². The van der Waals surface area contributed by atoms with Crippen molar-refractivity contribution in [2.24, 2.45) is 0 Å². The summed E-state index contributed by atoms with van der Waals surface area (Å²) in [5.74, 6) is -7.04. The molecule has 1 aromatic rings. The second kappa shape index (κ2) is 3.55. The van der Waals surface area contributed by atoms with Crippen molar-refractivity contribution in [3.8, 4) is 0 Å². The lowest BCUT2D eigenvalue weighted by Gasteiger charge is -2.00. The van der Waals surface area contributed by atoms with Gasteiger partial charge < -0.3 is 0 Å². The lowest BCUT2D eigenvalue weighted by Crippen LogP contribution is -1.97. The Morgan fingerprint density at radius 3 is 2.08 bits per heavy atom. The van der Waals surface area contributed by atoms with Crippen molar-refractivity contribution in [1.82, 2.24) is 0 Å². The SMILES string of the molecule is F/C=C/c1cc(F)c(F)c(F)c1F. The Morgan fingerprint density at radius 2 is 1.54 bits per heavy atom. The van der Waals surface area contributed by atoms with E-state index < -0.39 is 28.8 Å². The molecule has 0 aromatic heterocycles. The maximum atomic E-state index is 12.6. The molecule has 70 valence electrons. The van der Waals surface area contributed by atoms with Crippen LogP contribution >= 0.6 is 0 Å². The fourth-order valence-corrected chi connectivity index (χ4v) is 0.780. The Bertz CT molecular complexity index is 356. The summed E-state index contributed by atoms with van der Waals surface area (Å²) in [7, 11) is 0. The van der Waals surface area contributed by atoms with E-state index in [1.54, 1.807) is 0 Å². The quantitative estimate of drug-likeness (QED) is 0.366. The van der Waals surface area contributed by atoms with E-state index in [0.29, 0.717) is 12.1 Å². The average molecular weight is 194 g/mol. The normalized spacial score (nSPS) is 11.2. The van der Waals surface area contributed by atoms with Crippen LogP contribution in [0.25, 0.3) is 6.08 Å². The van der Waals surface area contributed by atoms with Crippen molar-refractivity contribution in [2.45, 2.75) is 0 Å². The number of hydrogen-bond acceptors (Lipinski definition) is 0. The molecule has 1 rings (SSSR count). The highest BCUT2D eigenvalue weighted by Crippen LogP contribution is 2.19. The van der Waals surface area contributed by atoms with Crippen LogP contribution in [-0.2, 0) is 0 Å². The highest BCUT2D eigenvalue weighted by atomic mass is 19.2. The van der Waals surface area contributed by atoms with Crippen molar-refractivity contribution >= 4 is 6.08 Å². The highest BCUT2D eigenvalue weighted by molar-refractivity contribution is 5.49. The van der Waals surface area contributed by atoms with Crippen LogP contribution in [0.5, 0.6) is 0 Å². The Kier molecular flexibility index (Phi) is 2.65. The lowest BCUT2D eigenvalue weighted by atomic mass is 10.2. The fourth-order valence-electron chi connectivity index (χ4n) is 0.780. The van der Waals surface area contributed by atoms with Crippen LogP contribution in [0.1, 0.15) is 5.56 Å². The third-order valence-electron chi connectivity index (χ3n) is 1.37. The molecule has 13 heavy (non-hydrogen) atoms. The first-order chi connectivity index (χ1) is 6.07. The maximum Gasteiger partial charge on any atom is 0.198 e. The Morgan fingerprint density at radius 1 is 0.923 bits per heavy atom. The molecule has 5 heteroatoms. The number of hydrogen-bond donors (Lipinski definition) is 0. The van der Waals surface area contributed by atoms with Gasteiger partial charge in [0, 0.05) is 5.56 Å². The highest BCUT2D eigenvalue weighted by Gasteiger charge is 2.17. The third kappa shape index (κ3) is 1.68. The van der Waals surface area contributed by atoms with Crippen molar-refractivity contribution < 1.29 is 22.0 Å². The zero-order chi connectivity index (χ0) is 10.0. The molecule has 0 aliphatic carbocycles. The van der Waals surface area contributed by atoms with Crippen LogP contribution in [0.3, 0.4) is 0 Å². The Hall–Kier alpha value is -1.39. The molecular weight excluding hydrogens is 191 g/mol. The predicted molar refractivity (Wildman–Crippen MR) is 36.4 cm³/mol. The summed E-state index contributed by atoms with van der Waals surface area (Å²) in [6.45, 7) is 0. The molecular formula is C8H3F5. The zero-order valence-corrected chi connectivity index (χ0v) is 6.12. The number of halogens is 5. The van der Waals surface area contributed by atoms with Gasteiger partial charge in [-0.3, -0.25) is 0 Å². The summed E-state index contributed by atoms with van der Waals surface area (Å²) in [6.07, 6.45) is 0.385. The molecule has 0 atom stereocenters. The van der Waals surface area contributed by atoms with Crippen LogP contribution in [0, 0.1) is 23.3 Å². The molecule has 0 nitrogen and oxygen atoms in total. The van der Waals surface area contributed by atoms with E-state index >= 15 is 0 Å². The van der Waals surface area contributed by atoms with Gasteiger partial charge in [-0.1, -0.05) is 0 Å². The van der Waals surface area contributed by atoms with Crippen LogP contribution in [-0.4, -0.2) is 0 Å². The molecule has 0 aliphatic heterocycles. The minimum Gasteiger partial charge on any atom is -0.216 e. The van der Waals surface area contributed by atoms with E-state index in [1.165, 1.54) is 0 Å². The molecule has 0 saturated carbocycles. The fraction of sp³-hybridized carbons (Fsp3) is 0. The minimum atomic E-state index is -1.95. The standard InChI is InChI=1S/C8H3F5/c9-2-1-4-3-5(10)7(12)8(13)6(4)11/h1-3H/b2-1+. The van der Waals surface area contributed by atoms with Gasteiger partial charge in [0.05, 0.1) is 6.33 Å². The molecule has 0 aliphatic rings. The Balaban J connectivity index is 3.40. The summed E-state index contributed by atoms with van der Waals surface area (Å²) in [4.78, 5) is 0. The van der Waals surface area contributed by atoms with Gasteiger partial charge in [0.25, 0.3) is 0 Å². The summed E-state index contributed by atoms with van der Waals surface area (Å²) in [5, 5.41) is 0. The summed E-state index contributed by atoms with van der Waals surface area (Å²) >= 11 is 0. The summed E-state index contributed by atoms with van der Waals surface area (Å²) < 4.78 is 61.3. The smallest absolute Gasteiger partial charge is 0.198 e. The molecule has 0 radical (unpaired) electrons. The predicted octanol–water partition coefficient (Wildman–Crippen LogP) is 3.18. The van der Waals surface area contributed by atoms with E-state index in [2.05, 4.69) is 0 Å². The van der Waals surface area contributed by atoms with E-state index in [9.17, 15) is 22.0 Å². The van der Waals surface area contributed by atoms with Crippen LogP contribution in [0.4, 0.5) is 22.0 Å². The van der Waals surface area contributed by atoms with Crippen LogP contribution < -0.4 is 0 Å². The maximum absolute atomic E-state index is 12.6. The van der Waals surface area contributed by atoms with Crippen molar-refractivity contribution in [3.63, 3.8) is 0 Å². The molecule has 0 amide bonds. The van der Waals surface area contributed by atoms with E-state index in [-0.39, 0.29) is 6.33 Å². The first kappa shape index (κ1) is 9.70. The zero-order valence-electron chi connectivity index (χ0n) is 6.12. The largest absolute Gasteiger partial charge is 0.216 e. The molecule has 0 spiro atoms. The van der Waals surface area contributed by atoms with Crippen molar-refractivity contribution in [3.05, 3.63) is 41.2 Å². The van der Waals surface area contributed by atoms with Gasteiger partial charge in [-0.25, -0.2) is 22.0 Å². The van der Waals surface area contributed by atoms with Crippen molar-refractivity contribution in [1.29, 1.82) is 0 Å². The lowest BCUT2D eigenvalue weighted by molar-refractivity contribution is 0.408. The molecule has 0 heterocycles. The average Bonchev–Trinajstić information content (AvgIpc) is 2.11. The molecule has 0 N–H and O–H groups in total. The molecule has 0 saturated heterocycles. The Labute approximate surface area is 70.3 Å². The summed E-state index contributed by atoms with van der Waals surface area (Å²) in [5.41, 5.74) is -0.682. The van der Waals surface area contributed by atoms with Crippen LogP contribution in [0.15, 0.2) is 12.4 Å². The van der Waals surface area contributed by atoms with Gasteiger partial charge in [0.2, 0.25) is 0 Å². The molecule has 0 unspecified atom stereocenters. The molecule has 0 fully saturated rings. The monoisotopic (exact) mass is 194 g/mol. The van der Waals surface area contributed by atoms with Crippen molar-refractivity contribution in [2.75, 3.05) is 0 Å². The van der Waals surface area contributed by atoms with E-state index in [4.69, 9.17) is 0 Å². The van der Waals surface area contributed by atoms with E-state index in [0.717, 1.165) is 0 Å². The first-order valence-corrected chi connectivity index (χ1v) is 3.17. The van der Waals surface area contributed by atoms with Gasteiger partial charge >= 0.3 is 0 Å². The van der Waals surface area contributed by atoms with Crippen LogP contribution in [0.2, 0.25) is 0 Å². The van der Waals surface area contributed by atoms with Gasteiger partial charge in [-0.2, -0.15) is 0 Å². The summed E-state index contributed by atoms with van der Waals surface area (Å²) in [6, 6.07) is 0.365. The second-order valence-corrected chi connectivity index (χ2v) is 2.18. The van der Waals surface area contributed by atoms with Gasteiger partial charge in [-0.15, -0.1) is 0 Å². The molecule has 0 bridgehead atoms. The first-order valence-electron chi connectivity index (χ1n) is 3.17. The minimum absolute atomic E-state index is 0.102. The van der Waals surface area contributed by atoms with Gasteiger partial charge in [-0.05, 0) is 12.1 Å². The number of benzene rings is 1. The third-order valence-corrected chi connectivity index (χ3v) is 1.37. The topological polar surface area (TPSA) is 0 Å².